The van der Waals surface area contributed by atoms with E-state index in [1.165, 1.54) is 6.08 Å². The minimum atomic E-state index is -0.262. The molecule has 0 aliphatic carbocycles. The predicted molar refractivity (Wildman–Crippen MR) is 177 cm³/mol. The van der Waals surface area contributed by atoms with Crippen molar-refractivity contribution in [3.63, 3.8) is 0 Å². The second-order valence-electron chi connectivity index (χ2n) is 12.7. The van der Waals surface area contributed by atoms with Gasteiger partial charge in [-0.1, -0.05) is 42.4 Å². The predicted octanol–water partition coefficient (Wildman–Crippen LogP) is 4.31. The molecule has 0 N–H and O–H groups in total. The van der Waals surface area contributed by atoms with Crippen LogP contribution in [0.1, 0.15) is 18.2 Å². The Bertz CT molecular complexity index is 1630. The number of nitrogens with zero attached hydrogens (tertiary/aromatic N) is 7. The van der Waals surface area contributed by atoms with Crippen LogP contribution in [0.4, 0.5) is 11.5 Å². The summed E-state index contributed by atoms with van der Waals surface area (Å²) in [6.07, 6.45) is 2.05. The lowest BCUT2D eigenvalue weighted by molar-refractivity contribution is -0.140. The van der Waals surface area contributed by atoms with Crippen LogP contribution >= 0.6 is 11.6 Å². The number of hydrogen-bond donors (Lipinski definition) is 0. The fraction of sp³-hybridized carbons (Fsp3) is 0.471. The van der Waals surface area contributed by atoms with Crippen molar-refractivity contribution in [3.8, 4) is 6.01 Å². The van der Waals surface area contributed by atoms with E-state index in [1.54, 1.807) is 4.90 Å². The number of ether oxygens (including phenoxy) is 2. The Morgan fingerprint density at radius 1 is 1.24 bits per heavy atom. The van der Waals surface area contributed by atoms with Crippen LogP contribution in [-0.2, 0) is 22.5 Å². The van der Waals surface area contributed by atoms with Gasteiger partial charge < -0.3 is 33.9 Å². The van der Waals surface area contributed by atoms with Crippen molar-refractivity contribution in [2.24, 2.45) is 5.41 Å². The molecule has 11 heteroatoms. The number of benzene rings is 2. The van der Waals surface area contributed by atoms with Gasteiger partial charge in [0.1, 0.15) is 18.5 Å². The molecular weight excluding hydrogens is 590 g/mol. The van der Waals surface area contributed by atoms with Crippen molar-refractivity contribution in [1.82, 2.24) is 19.8 Å². The molecule has 2 fully saturated rings. The Balaban J connectivity index is 1.37. The third-order valence-corrected chi connectivity index (χ3v) is 9.38. The molecule has 45 heavy (non-hydrogen) atoms. The van der Waals surface area contributed by atoms with Crippen molar-refractivity contribution in [2.45, 2.75) is 32.0 Å². The summed E-state index contributed by atoms with van der Waals surface area (Å²) < 4.78 is 12.0. The summed E-state index contributed by atoms with van der Waals surface area (Å²) in [5.41, 5.74) is 2.96. The van der Waals surface area contributed by atoms with Crippen molar-refractivity contribution < 1.29 is 14.3 Å². The molecule has 3 aliphatic heterocycles. The van der Waals surface area contributed by atoms with Crippen molar-refractivity contribution >= 4 is 39.8 Å². The van der Waals surface area contributed by atoms with Crippen molar-refractivity contribution in [3.05, 3.63) is 76.8 Å². The molecule has 0 saturated carbocycles. The molecule has 3 aromatic rings. The first-order valence-electron chi connectivity index (χ1n) is 15.4. The average Bonchev–Trinajstić information content (AvgIpc) is 3.01. The second-order valence-corrected chi connectivity index (χ2v) is 13.2. The summed E-state index contributed by atoms with van der Waals surface area (Å²) in [4.78, 5) is 34.8. The highest BCUT2D eigenvalue weighted by atomic mass is 35.5. The van der Waals surface area contributed by atoms with Gasteiger partial charge >= 0.3 is 6.01 Å². The molecule has 3 aliphatic rings. The van der Waals surface area contributed by atoms with Gasteiger partial charge in [-0.3, -0.25) is 4.79 Å². The van der Waals surface area contributed by atoms with Gasteiger partial charge in [-0.05, 0) is 51.0 Å². The summed E-state index contributed by atoms with van der Waals surface area (Å²) in [5, 5.41) is 2.85. The monoisotopic (exact) mass is 629 g/mol. The van der Waals surface area contributed by atoms with E-state index in [2.05, 4.69) is 71.4 Å². The van der Waals surface area contributed by atoms with Gasteiger partial charge in [-0.15, -0.1) is 0 Å². The first-order valence-corrected chi connectivity index (χ1v) is 15.8. The Morgan fingerprint density at radius 2 is 2.02 bits per heavy atom. The number of rotatable bonds is 9. The highest BCUT2D eigenvalue weighted by Gasteiger charge is 2.41. The van der Waals surface area contributed by atoms with Gasteiger partial charge in [-0.25, -0.2) is 6.57 Å². The molecule has 4 heterocycles. The number of aromatic nitrogens is 2. The van der Waals surface area contributed by atoms with Crippen LogP contribution in [-0.4, -0.2) is 104 Å². The number of carbonyl (C=O) groups is 1. The number of hydrogen-bond acceptors (Lipinski definition) is 8. The third kappa shape index (κ3) is 6.17. The van der Waals surface area contributed by atoms with Crippen molar-refractivity contribution in [2.75, 3.05) is 76.4 Å². The molecule has 1 aromatic heterocycles. The summed E-state index contributed by atoms with van der Waals surface area (Å²) in [5.74, 6) is 0.675. The molecular formula is C34H40ClN7O3. The zero-order valence-electron chi connectivity index (χ0n) is 26.2. The molecule has 0 spiro atoms. The molecule has 0 bridgehead atoms. The van der Waals surface area contributed by atoms with E-state index < -0.39 is 0 Å². The summed E-state index contributed by atoms with van der Waals surface area (Å²) >= 11 is 6.76. The van der Waals surface area contributed by atoms with E-state index in [-0.39, 0.29) is 30.0 Å². The van der Waals surface area contributed by atoms with E-state index in [1.807, 2.05) is 12.1 Å². The highest BCUT2D eigenvalue weighted by molar-refractivity contribution is 6.36. The molecule has 0 unspecified atom stereocenters. The largest absolute Gasteiger partial charge is 0.463 e. The quantitative estimate of drug-likeness (QED) is 0.256. The lowest BCUT2D eigenvalue weighted by Gasteiger charge is -2.43. The normalized spacial score (nSPS) is 20.8. The highest BCUT2D eigenvalue weighted by Crippen LogP contribution is 2.39. The number of carbonyl (C=O) groups excluding carboxylic acids is 1. The smallest absolute Gasteiger partial charge is 0.318 e. The molecule has 10 nitrogen and oxygen atoms in total. The van der Waals surface area contributed by atoms with Crippen LogP contribution in [0.25, 0.3) is 15.6 Å². The van der Waals surface area contributed by atoms with Crippen LogP contribution in [0, 0.1) is 12.0 Å². The molecule has 236 valence electrons. The maximum atomic E-state index is 12.6. The molecule has 0 radical (unpaired) electrons. The fourth-order valence-corrected chi connectivity index (χ4v) is 7.22. The molecule has 1 amide bonds. The molecule has 2 saturated heterocycles. The molecule has 2 atom stereocenters. The van der Waals surface area contributed by atoms with Crippen LogP contribution in [0.2, 0.25) is 5.02 Å². The van der Waals surface area contributed by atoms with Crippen LogP contribution in [0.5, 0.6) is 6.01 Å². The lowest BCUT2D eigenvalue weighted by atomic mass is 9.86. The second kappa shape index (κ2) is 12.8. The topological polar surface area (TPSA) is 78.6 Å². The molecule has 2 aromatic carbocycles. The number of anilines is 2. The van der Waals surface area contributed by atoms with Gasteiger partial charge in [0.25, 0.3) is 0 Å². The summed E-state index contributed by atoms with van der Waals surface area (Å²) in [7, 11) is 4.11. The minimum Gasteiger partial charge on any atom is -0.463 e. The molecule has 6 rings (SSSR count). The van der Waals surface area contributed by atoms with E-state index >= 15 is 0 Å². The maximum absolute atomic E-state index is 12.6. The Morgan fingerprint density at radius 3 is 2.71 bits per heavy atom. The average molecular weight is 630 g/mol. The number of piperazine rings is 1. The first kappa shape index (κ1) is 31.1. The van der Waals surface area contributed by atoms with Gasteiger partial charge in [0.15, 0.2) is 0 Å². The van der Waals surface area contributed by atoms with Gasteiger partial charge in [0.05, 0.1) is 35.9 Å². The Labute approximate surface area is 270 Å². The third-order valence-electron chi connectivity index (χ3n) is 9.06. The van der Waals surface area contributed by atoms with E-state index in [0.29, 0.717) is 52.0 Å². The van der Waals surface area contributed by atoms with Crippen LogP contribution in [0.3, 0.4) is 0 Å². The Kier molecular flexibility index (Phi) is 8.87. The zero-order valence-corrected chi connectivity index (χ0v) is 27.0. The number of amides is 1. The number of fused-ring (bicyclic) bond motifs is 2. The Hall–Kier alpha value is -3.91. The first-order chi connectivity index (χ1) is 21.7. The summed E-state index contributed by atoms with van der Waals surface area (Å²) in [6.45, 7) is 18.3. The SMILES string of the molecule is [C-]#[N+]C[C@H]1CN(c2nc(OCC3(CN(C)C)COC3)nc3c2C[C@H](C)N(c2cccc4cccc(Cl)c24)C3)CCN1C(=O)C=C. The van der Waals surface area contributed by atoms with Crippen LogP contribution in [0.15, 0.2) is 49.1 Å². The van der Waals surface area contributed by atoms with Crippen LogP contribution < -0.4 is 14.5 Å². The zero-order chi connectivity index (χ0) is 31.7. The van der Waals surface area contributed by atoms with Gasteiger partial charge in [0.2, 0.25) is 12.5 Å². The minimum absolute atomic E-state index is 0.111. The van der Waals surface area contributed by atoms with Crippen molar-refractivity contribution in [1.29, 1.82) is 0 Å². The van der Waals surface area contributed by atoms with E-state index in [0.717, 1.165) is 51.5 Å². The maximum Gasteiger partial charge on any atom is 0.318 e. The lowest BCUT2D eigenvalue weighted by Crippen LogP contribution is -2.56. The summed E-state index contributed by atoms with van der Waals surface area (Å²) in [6, 6.07) is 12.5. The number of halogens is 1. The van der Waals surface area contributed by atoms with E-state index in [9.17, 15) is 4.79 Å². The fourth-order valence-electron chi connectivity index (χ4n) is 6.94. The standard InChI is InChI=1S/C34H40ClN7O3/c1-6-30(43)41-14-13-40(17-25(41)16-36-3)32-26-15-23(2)42(29-12-8-10-24-9-7-11-27(35)31(24)29)18-28(26)37-33(38-32)45-22-34(19-39(4)5)20-44-21-34/h6-12,23,25H,1,13-22H2,2,4-5H3/t23-,25-/m0/s1. The van der Waals surface area contributed by atoms with E-state index in [4.69, 9.17) is 37.6 Å². The van der Waals surface area contributed by atoms with Gasteiger partial charge in [0, 0.05) is 48.9 Å². The van der Waals surface area contributed by atoms with Gasteiger partial charge in [-0.2, -0.15) is 9.97 Å².